The van der Waals surface area contributed by atoms with Gasteiger partial charge in [-0.25, -0.2) is 0 Å². The van der Waals surface area contributed by atoms with Gasteiger partial charge in [0.1, 0.15) is 6.04 Å². The summed E-state index contributed by atoms with van der Waals surface area (Å²) in [7, 11) is 0. The maximum absolute atomic E-state index is 14.4. The Labute approximate surface area is 233 Å². The van der Waals surface area contributed by atoms with E-state index in [0.29, 0.717) is 32.5 Å². The highest BCUT2D eigenvalue weighted by atomic mass is 79.9. The van der Waals surface area contributed by atoms with Crippen molar-refractivity contribution in [2.75, 3.05) is 26.3 Å². The first-order valence-corrected chi connectivity index (χ1v) is 15.6. The Kier molecular flexibility index (Phi) is 9.84. The van der Waals surface area contributed by atoms with E-state index in [4.69, 9.17) is 4.74 Å². The summed E-state index contributed by atoms with van der Waals surface area (Å²) in [6.45, 7) is 8.65. The second kappa shape index (κ2) is 12.7. The minimum atomic E-state index is -0.678. The summed E-state index contributed by atoms with van der Waals surface area (Å²) < 4.78 is 5.02. The van der Waals surface area contributed by atoms with Crippen LogP contribution < -0.4 is 0 Å². The molecule has 3 unspecified atom stereocenters. The fraction of sp³-hybridized carbons (Fsp3) is 0.750. The van der Waals surface area contributed by atoms with E-state index in [0.717, 1.165) is 44.9 Å². The molecule has 1 N–H and O–H groups in total. The van der Waals surface area contributed by atoms with Crippen LogP contribution in [0.25, 0.3) is 0 Å². The zero-order chi connectivity index (χ0) is 26.6. The number of rotatable bonds is 13. The van der Waals surface area contributed by atoms with Crippen LogP contribution >= 0.6 is 27.7 Å². The normalized spacial score (nSPS) is 32.9. The van der Waals surface area contributed by atoms with Gasteiger partial charge in [-0.3, -0.25) is 14.4 Å². The van der Waals surface area contributed by atoms with Gasteiger partial charge >= 0.3 is 5.97 Å². The molecule has 2 bridgehead atoms. The smallest absolute Gasteiger partial charge is 0.310 e. The van der Waals surface area contributed by atoms with E-state index in [-0.39, 0.29) is 40.5 Å². The highest BCUT2D eigenvalue weighted by Gasteiger charge is 2.76. The Bertz CT molecular complexity index is 881. The predicted octanol–water partition coefficient (Wildman–Crippen LogP) is 4.08. The summed E-state index contributed by atoms with van der Waals surface area (Å²) in [6.07, 6.45) is 12.5. The molecule has 4 fully saturated rings. The molecule has 3 saturated heterocycles. The predicted molar refractivity (Wildman–Crippen MR) is 149 cm³/mol. The molecule has 0 aromatic carbocycles. The Hall–Kier alpha value is -1.32. The number of halogens is 1. The van der Waals surface area contributed by atoms with Gasteiger partial charge in [0.2, 0.25) is 11.8 Å². The number of carbonyl (C=O) groups is 3. The minimum absolute atomic E-state index is 0.0236. The van der Waals surface area contributed by atoms with E-state index in [9.17, 15) is 19.5 Å². The topological polar surface area (TPSA) is 87.1 Å². The van der Waals surface area contributed by atoms with Crippen LogP contribution in [0.5, 0.6) is 0 Å². The summed E-state index contributed by atoms with van der Waals surface area (Å²) in [5.74, 6) is -1.66. The molecule has 2 amide bonds. The summed E-state index contributed by atoms with van der Waals surface area (Å²) in [4.78, 5) is 45.4. The van der Waals surface area contributed by atoms with E-state index >= 15 is 0 Å². The molecule has 4 rings (SSSR count). The third kappa shape index (κ3) is 5.42. The van der Waals surface area contributed by atoms with E-state index < -0.39 is 22.6 Å². The third-order valence-corrected chi connectivity index (χ3v) is 11.7. The van der Waals surface area contributed by atoms with Crippen molar-refractivity contribution in [1.82, 2.24) is 9.80 Å². The van der Waals surface area contributed by atoms with Crippen molar-refractivity contribution in [3.63, 3.8) is 0 Å². The highest BCUT2D eigenvalue weighted by molar-refractivity contribution is 9.09. The second-order valence-electron chi connectivity index (χ2n) is 10.8. The average Bonchev–Trinajstić information content (AvgIpc) is 3.49. The molecule has 4 aliphatic rings. The number of amides is 2. The van der Waals surface area contributed by atoms with Crippen LogP contribution in [0.3, 0.4) is 0 Å². The monoisotopic (exact) mass is 596 g/mol. The van der Waals surface area contributed by atoms with Gasteiger partial charge in [0.15, 0.2) is 0 Å². The number of fused-ring (bicyclic) bond motifs is 1. The minimum Gasteiger partial charge on any atom is -0.465 e. The number of esters is 1. The quantitative estimate of drug-likeness (QED) is 0.149. The van der Waals surface area contributed by atoms with Gasteiger partial charge in [-0.1, -0.05) is 47.3 Å². The fourth-order valence-electron chi connectivity index (χ4n) is 6.93. The van der Waals surface area contributed by atoms with Gasteiger partial charge in [0.25, 0.3) is 0 Å². The maximum Gasteiger partial charge on any atom is 0.310 e. The Balaban J connectivity index is 1.63. The number of unbranched alkanes of at least 4 members (excludes halogenated alkanes) is 2. The Morgan fingerprint density at radius 2 is 1.95 bits per heavy atom. The van der Waals surface area contributed by atoms with E-state index in [1.54, 1.807) is 22.7 Å². The number of carbonyl (C=O) groups excluding carboxylic acids is 3. The second-order valence-corrected chi connectivity index (χ2v) is 13.5. The zero-order valence-electron chi connectivity index (χ0n) is 21.7. The first-order valence-electron chi connectivity index (χ1n) is 13.8. The molecule has 3 aliphatic heterocycles. The number of ether oxygens (including phenoxy) is 1. The molecule has 1 aliphatic carbocycles. The average molecular weight is 598 g/mol. The number of hydrogen-bond donors (Lipinski definition) is 1. The lowest BCUT2D eigenvalue weighted by Gasteiger charge is -2.41. The number of hydrogen-bond acceptors (Lipinski definition) is 6. The summed E-state index contributed by atoms with van der Waals surface area (Å²) in [6, 6.07) is -0.511. The highest BCUT2D eigenvalue weighted by Crippen LogP contribution is 2.68. The summed E-state index contributed by atoms with van der Waals surface area (Å²) in [5, 5.41) is 9.46. The SMILES string of the molecule is C=CCCCCOC(=O)[C@H]1[C@H]2C(=O)N(CCCO)C(C(=O)N(CC=C)C3CCCCC3)C23CC(Br)[C@@H]1S3. The van der Waals surface area contributed by atoms with Crippen molar-refractivity contribution in [1.29, 1.82) is 0 Å². The van der Waals surface area contributed by atoms with E-state index in [1.165, 1.54) is 6.42 Å². The van der Waals surface area contributed by atoms with Crippen molar-refractivity contribution < 1.29 is 24.2 Å². The molecule has 9 heteroatoms. The van der Waals surface area contributed by atoms with Crippen LogP contribution in [0.15, 0.2) is 25.3 Å². The lowest BCUT2D eigenvalue weighted by molar-refractivity contribution is -0.154. The van der Waals surface area contributed by atoms with Crippen molar-refractivity contribution in [3.05, 3.63) is 25.3 Å². The Morgan fingerprint density at radius 3 is 2.62 bits per heavy atom. The lowest BCUT2D eigenvalue weighted by atomic mass is 9.71. The van der Waals surface area contributed by atoms with Crippen LogP contribution in [0.4, 0.5) is 0 Å². The number of alkyl halides is 1. The number of allylic oxidation sites excluding steroid dienone is 1. The maximum atomic E-state index is 14.4. The molecule has 3 heterocycles. The van der Waals surface area contributed by atoms with Gasteiger partial charge in [-0.2, -0.15) is 0 Å². The molecular weight excluding hydrogens is 556 g/mol. The molecule has 206 valence electrons. The molecule has 7 nitrogen and oxygen atoms in total. The molecular formula is C28H41BrN2O5S. The molecule has 0 aromatic rings. The molecule has 37 heavy (non-hydrogen) atoms. The summed E-state index contributed by atoms with van der Waals surface area (Å²) in [5.41, 5.74) is 0. The van der Waals surface area contributed by atoms with Crippen LogP contribution in [0.1, 0.15) is 64.2 Å². The van der Waals surface area contributed by atoms with Crippen LogP contribution in [-0.2, 0) is 19.1 Å². The van der Waals surface area contributed by atoms with Crippen molar-refractivity contribution in [3.8, 4) is 0 Å². The van der Waals surface area contributed by atoms with Gasteiger partial charge < -0.3 is 19.6 Å². The van der Waals surface area contributed by atoms with Gasteiger partial charge in [-0.15, -0.1) is 24.9 Å². The van der Waals surface area contributed by atoms with Gasteiger partial charge in [-0.05, 0) is 44.9 Å². The van der Waals surface area contributed by atoms with Crippen LogP contribution in [0.2, 0.25) is 0 Å². The molecule has 0 aromatic heterocycles. The summed E-state index contributed by atoms with van der Waals surface area (Å²) >= 11 is 5.44. The lowest BCUT2D eigenvalue weighted by Crippen LogP contribution is -2.57. The van der Waals surface area contributed by atoms with E-state index in [2.05, 4.69) is 29.1 Å². The Morgan fingerprint density at radius 1 is 1.19 bits per heavy atom. The van der Waals surface area contributed by atoms with Crippen molar-refractivity contribution in [2.24, 2.45) is 11.8 Å². The third-order valence-electron chi connectivity index (χ3n) is 8.52. The van der Waals surface area contributed by atoms with E-state index in [1.807, 2.05) is 11.0 Å². The molecule has 0 radical (unpaired) electrons. The van der Waals surface area contributed by atoms with Gasteiger partial charge in [0, 0.05) is 35.8 Å². The van der Waals surface area contributed by atoms with Crippen LogP contribution in [-0.4, -0.2) is 85.9 Å². The van der Waals surface area contributed by atoms with Crippen molar-refractivity contribution >= 4 is 45.5 Å². The standard InChI is InChI=1S/C28H41BrN2O5S/c1-3-5-6-10-17-36-27(35)21-22-25(33)31(15-11-16-32)24(28(22)18-20(29)23(21)37-28)26(34)30(14-4-2)19-12-8-7-9-13-19/h3-4,19-24,32H,1-2,5-18H2/t20?,21-,22-,23-,24?,28?/m0/s1. The number of likely N-dealkylation sites (tertiary alicyclic amines) is 1. The first-order chi connectivity index (χ1) is 17.9. The number of aliphatic hydroxyl groups is 1. The largest absolute Gasteiger partial charge is 0.465 e. The molecule has 1 saturated carbocycles. The first kappa shape index (κ1) is 28.7. The number of aliphatic hydroxyl groups excluding tert-OH is 1. The van der Waals surface area contributed by atoms with Crippen LogP contribution in [0, 0.1) is 11.8 Å². The number of thioether (sulfide) groups is 1. The van der Waals surface area contributed by atoms with Crippen molar-refractivity contribution in [2.45, 2.75) is 91.1 Å². The molecule has 1 spiro atoms. The number of nitrogens with zero attached hydrogens (tertiary/aromatic N) is 2. The van der Waals surface area contributed by atoms with Gasteiger partial charge in [0.05, 0.1) is 23.2 Å². The zero-order valence-corrected chi connectivity index (χ0v) is 24.1. The molecule has 6 atom stereocenters. The fourth-order valence-corrected chi connectivity index (χ4v) is 10.5.